The van der Waals surface area contributed by atoms with Crippen molar-refractivity contribution >= 4 is 5.91 Å². The maximum atomic E-state index is 14.9. The quantitative estimate of drug-likeness (QED) is 0.209. The highest BCUT2D eigenvalue weighted by atomic mass is 19.1. The van der Waals surface area contributed by atoms with Crippen molar-refractivity contribution in [1.29, 1.82) is 0 Å². The van der Waals surface area contributed by atoms with Crippen molar-refractivity contribution in [3.05, 3.63) is 89.8 Å². The molecule has 7 nitrogen and oxygen atoms in total. The normalized spacial score (nSPS) is 15.6. The van der Waals surface area contributed by atoms with Crippen LogP contribution in [0.25, 0.3) is 22.5 Å². The Labute approximate surface area is 238 Å². The van der Waals surface area contributed by atoms with Gasteiger partial charge in [0.15, 0.2) is 0 Å². The zero-order valence-electron chi connectivity index (χ0n) is 23.0. The minimum absolute atomic E-state index is 0.160. The molecule has 1 fully saturated rings. The lowest BCUT2D eigenvalue weighted by atomic mass is 9.99. The molecule has 41 heavy (non-hydrogen) atoms. The first-order valence-corrected chi connectivity index (χ1v) is 13.9. The number of hydrogen-bond donors (Lipinski definition) is 3. The Hall–Kier alpha value is -4.08. The Morgan fingerprint density at radius 1 is 1.10 bits per heavy atom. The van der Waals surface area contributed by atoms with Crippen molar-refractivity contribution in [2.45, 2.75) is 26.2 Å². The molecule has 214 valence electrons. The summed E-state index contributed by atoms with van der Waals surface area (Å²) >= 11 is 0. The largest absolute Gasteiger partial charge is 0.457 e. The fourth-order valence-corrected chi connectivity index (χ4v) is 5.16. The van der Waals surface area contributed by atoms with Crippen LogP contribution in [0.1, 0.15) is 35.2 Å². The number of carbonyl (C=O) groups is 1. The summed E-state index contributed by atoms with van der Waals surface area (Å²) in [4.78, 5) is 22.5. The van der Waals surface area contributed by atoms with Crippen LogP contribution in [0.15, 0.2) is 67.0 Å². The van der Waals surface area contributed by atoms with Crippen LogP contribution in [0.5, 0.6) is 11.5 Å². The third-order valence-electron chi connectivity index (χ3n) is 7.34. The minimum atomic E-state index is -0.591. The molecule has 1 aliphatic rings. The van der Waals surface area contributed by atoms with Crippen LogP contribution >= 0.6 is 0 Å². The number of aliphatic hydroxyl groups excluding tert-OH is 1. The molecular formula is C32H34F2N4O3. The van der Waals surface area contributed by atoms with Crippen LogP contribution in [0.3, 0.4) is 0 Å². The number of piperidine rings is 1. The van der Waals surface area contributed by atoms with Gasteiger partial charge in [0, 0.05) is 55.3 Å². The number of ether oxygens (including phenoxy) is 1. The number of aromatic nitrogens is 2. The van der Waals surface area contributed by atoms with Gasteiger partial charge in [-0.25, -0.2) is 8.78 Å². The van der Waals surface area contributed by atoms with Crippen molar-refractivity contribution in [2.75, 3.05) is 32.8 Å². The lowest BCUT2D eigenvalue weighted by Crippen LogP contribution is -2.38. The molecule has 1 unspecified atom stereocenters. The molecular weight excluding hydrogens is 526 g/mol. The highest BCUT2D eigenvalue weighted by Crippen LogP contribution is 2.32. The average molecular weight is 561 g/mol. The van der Waals surface area contributed by atoms with Gasteiger partial charge in [-0.1, -0.05) is 11.6 Å². The molecule has 3 heterocycles. The SMILES string of the molecule is Cc1ccc(F)c(-c2ccc(Oc3ccnc(-c4cc(C(=O)NCCCN5CCCC(CO)C5)c[nH]4)c3)cc2F)c1. The Morgan fingerprint density at radius 2 is 1.95 bits per heavy atom. The van der Waals surface area contributed by atoms with Crippen molar-refractivity contribution in [2.24, 2.45) is 5.92 Å². The van der Waals surface area contributed by atoms with E-state index < -0.39 is 11.6 Å². The van der Waals surface area contributed by atoms with Gasteiger partial charge < -0.3 is 25.0 Å². The third kappa shape index (κ3) is 7.17. The second-order valence-corrected chi connectivity index (χ2v) is 10.5. The molecule has 4 aromatic rings. The molecule has 0 aliphatic carbocycles. The van der Waals surface area contributed by atoms with Crippen LogP contribution in [-0.2, 0) is 0 Å². The predicted octanol–water partition coefficient (Wildman–Crippen LogP) is 5.95. The number of aliphatic hydroxyl groups is 1. The number of nitrogens with zero attached hydrogens (tertiary/aromatic N) is 2. The van der Waals surface area contributed by atoms with E-state index in [1.165, 1.54) is 18.2 Å². The van der Waals surface area contributed by atoms with Gasteiger partial charge >= 0.3 is 0 Å². The summed E-state index contributed by atoms with van der Waals surface area (Å²) in [6.45, 7) is 5.46. The molecule has 2 aromatic carbocycles. The van der Waals surface area contributed by atoms with Gasteiger partial charge in [-0.05, 0) is 81.6 Å². The molecule has 1 atom stereocenters. The fraction of sp³-hybridized carbons (Fsp3) is 0.312. The van der Waals surface area contributed by atoms with Crippen LogP contribution in [0, 0.1) is 24.5 Å². The van der Waals surface area contributed by atoms with Gasteiger partial charge in [0.25, 0.3) is 5.91 Å². The van der Waals surface area contributed by atoms with Gasteiger partial charge in [-0.15, -0.1) is 0 Å². The van der Waals surface area contributed by atoms with Crippen LogP contribution in [-0.4, -0.2) is 58.7 Å². The Bertz CT molecular complexity index is 1510. The van der Waals surface area contributed by atoms with E-state index in [0.29, 0.717) is 35.2 Å². The lowest BCUT2D eigenvalue weighted by molar-refractivity contribution is 0.0946. The van der Waals surface area contributed by atoms with E-state index >= 15 is 0 Å². The minimum Gasteiger partial charge on any atom is -0.457 e. The summed E-state index contributed by atoms with van der Waals surface area (Å²) in [7, 11) is 0. The third-order valence-corrected chi connectivity index (χ3v) is 7.34. The summed E-state index contributed by atoms with van der Waals surface area (Å²) in [6.07, 6.45) is 6.22. The fourth-order valence-electron chi connectivity index (χ4n) is 5.16. The first-order chi connectivity index (χ1) is 19.9. The molecule has 1 saturated heterocycles. The smallest absolute Gasteiger partial charge is 0.252 e. The maximum absolute atomic E-state index is 14.9. The van der Waals surface area contributed by atoms with Crippen LogP contribution in [0.4, 0.5) is 8.78 Å². The monoisotopic (exact) mass is 560 g/mol. The summed E-state index contributed by atoms with van der Waals surface area (Å²) < 4.78 is 35.0. The molecule has 0 radical (unpaired) electrons. The molecule has 9 heteroatoms. The van der Waals surface area contributed by atoms with Gasteiger partial charge in [0.05, 0.1) is 17.0 Å². The zero-order chi connectivity index (χ0) is 28.8. The maximum Gasteiger partial charge on any atom is 0.252 e. The number of aromatic amines is 1. The number of benzene rings is 2. The van der Waals surface area contributed by atoms with Crippen LogP contribution in [0.2, 0.25) is 0 Å². The van der Waals surface area contributed by atoms with Crippen molar-refractivity contribution in [1.82, 2.24) is 20.2 Å². The highest BCUT2D eigenvalue weighted by molar-refractivity contribution is 5.95. The standard InChI is InChI=1S/C32H34F2N4O3/c1-21-5-8-28(33)27(14-21)26-7-6-24(16-29(26)34)41-25-9-11-35-31(17-25)30-15-23(18-37-30)32(40)36-10-3-13-38-12-2-4-22(19-38)20-39/h5-9,11,14-18,22,37,39H,2-4,10,12-13,19-20H2,1H3,(H,36,40). The van der Waals surface area contributed by atoms with Crippen molar-refractivity contribution in [3.63, 3.8) is 0 Å². The Kier molecular flexibility index (Phi) is 9.06. The number of rotatable bonds is 10. The predicted molar refractivity (Wildman–Crippen MR) is 154 cm³/mol. The van der Waals surface area contributed by atoms with Crippen LogP contribution < -0.4 is 10.1 Å². The summed E-state index contributed by atoms with van der Waals surface area (Å²) in [5, 5.41) is 12.4. The summed E-state index contributed by atoms with van der Waals surface area (Å²) in [6, 6.07) is 14.0. The second-order valence-electron chi connectivity index (χ2n) is 10.5. The van der Waals surface area contributed by atoms with E-state index in [1.54, 1.807) is 48.8 Å². The molecule has 2 aromatic heterocycles. The molecule has 0 saturated carbocycles. The number of H-pyrrole nitrogens is 1. The molecule has 3 N–H and O–H groups in total. The van der Waals surface area contributed by atoms with Crippen molar-refractivity contribution < 1.29 is 23.4 Å². The first kappa shape index (κ1) is 28.4. The molecule has 1 amide bonds. The first-order valence-electron chi connectivity index (χ1n) is 13.9. The lowest BCUT2D eigenvalue weighted by Gasteiger charge is -2.31. The number of aryl methyl sites for hydroxylation is 1. The van der Waals surface area contributed by atoms with Gasteiger partial charge in [-0.2, -0.15) is 0 Å². The van der Waals surface area contributed by atoms with Gasteiger partial charge in [0.1, 0.15) is 23.1 Å². The van der Waals surface area contributed by atoms with E-state index in [-0.39, 0.29) is 29.4 Å². The van der Waals surface area contributed by atoms with E-state index in [9.17, 15) is 18.7 Å². The number of amides is 1. The molecule has 0 bridgehead atoms. The summed E-state index contributed by atoms with van der Waals surface area (Å²) in [5.74, 6) is -0.204. The molecule has 5 rings (SSSR count). The number of hydrogen-bond acceptors (Lipinski definition) is 5. The van der Waals surface area contributed by atoms with E-state index in [4.69, 9.17) is 4.74 Å². The topological polar surface area (TPSA) is 90.5 Å². The van der Waals surface area contributed by atoms with Crippen molar-refractivity contribution in [3.8, 4) is 34.0 Å². The number of pyridine rings is 1. The number of nitrogens with one attached hydrogen (secondary N) is 2. The summed E-state index contributed by atoms with van der Waals surface area (Å²) in [5.41, 5.74) is 2.88. The van der Waals surface area contributed by atoms with Gasteiger partial charge in [-0.3, -0.25) is 9.78 Å². The number of likely N-dealkylation sites (tertiary alicyclic amines) is 1. The zero-order valence-corrected chi connectivity index (χ0v) is 23.0. The Morgan fingerprint density at radius 3 is 2.78 bits per heavy atom. The van der Waals surface area contributed by atoms with E-state index in [2.05, 4.69) is 20.2 Å². The number of carbonyl (C=O) groups excluding carboxylic acids is 1. The van der Waals surface area contributed by atoms with Gasteiger partial charge in [0.2, 0.25) is 0 Å². The highest BCUT2D eigenvalue weighted by Gasteiger charge is 2.19. The Balaban J connectivity index is 1.18. The van der Waals surface area contributed by atoms with E-state index in [0.717, 1.165) is 44.5 Å². The average Bonchev–Trinajstić information content (AvgIpc) is 3.48. The van der Waals surface area contributed by atoms with E-state index in [1.807, 2.05) is 6.92 Å². The number of halogens is 2. The molecule has 0 spiro atoms. The molecule has 1 aliphatic heterocycles. The second kappa shape index (κ2) is 13.1.